The summed E-state index contributed by atoms with van der Waals surface area (Å²) in [7, 11) is 0. The van der Waals surface area contributed by atoms with E-state index < -0.39 is 5.91 Å². The Balaban J connectivity index is 1.58. The minimum absolute atomic E-state index is 0.0177. The van der Waals surface area contributed by atoms with E-state index in [1.807, 2.05) is 21.9 Å². The summed E-state index contributed by atoms with van der Waals surface area (Å²) in [6, 6.07) is 7.30. The van der Waals surface area contributed by atoms with Crippen molar-refractivity contribution in [3.63, 3.8) is 0 Å². The Labute approximate surface area is 181 Å². The van der Waals surface area contributed by atoms with Gasteiger partial charge in [0.15, 0.2) is 0 Å². The molecule has 0 bridgehead atoms. The topological polar surface area (TPSA) is 130 Å². The highest BCUT2D eigenvalue weighted by Crippen LogP contribution is 2.24. The summed E-state index contributed by atoms with van der Waals surface area (Å²) in [6.07, 6.45) is 6.62. The number of carbonyl (C=O) groups excluding carboxylic acids is 2. The fourth-order valence-electron chi connectivity index (χ4n) is 4.14. The minimum Gasteiger partial charge on any atom is -0.365 e. The third-order valence-electron chi connectivity index (χ3n) is 5.80. The molecular weight excluding hydrogens is 394 g/mol. The van der Waals surface area contributed by atoms with Crippen LogP contribution in [0.3, 0.4) is 0 Å². The van der Waals surface area contributed by atoms with E-state index in [-0.39, 0.29) is 17.5 Å². The molecule has 4 rings (SSSR count). The molecule has 9 heteroatoms. The number of hydrogen-bond donors (Lipinski definition) is 3. The van der Waals surface area contributed by atoms with Crippen molar-refractivity contribution in [2.45, 2.75) is 38.1 Å². The van der Waals surface area contributed by atoms with Crippen LogP contribution in [-0.4, -0.2) is 58.9 Å². The van der Waals surface area contributed by atoms with Crippen LogP contribution in [0.25, 0.3) is 0 Å². The average Bonchev–Trinajstić information content (AvgIpc) is 2.79. The third kappa shape index (κ3) is 4.93. The predicted octanol–water partition coefficient (Wildman–Crippen LogP) is 1.87. The van der Waals surface area contributed by atoms with Crippen LogP contribution in [0.2, 0.25) is 0 Å². The lowest BCUT2D eigenvalue weighted by molar-refractivity contribution is 0.0724. The van der Waals surface area contributed by atoms with E-state index in [9.17, 15) is 9.59 Å². The fraction of sp³-hybridized carbons (Fsp3) is 0.455. The van der Waals surface area contributed by atoms with Crippen LogP contribution in [0.1, 0.15) is 52.8 Å². The van der Waals surface area contributed by atoms with Gasteiger partial charge in [0.2, 0.25) is 5.95 Å². The Morgan fingerprint density at radius 1 is 1.10 bits per heavy atom. The van der Waals surface area contributed by atoms with Crippen molar-refractivity contribution in [1.29, 1.82) is 0 Å². The van der Waals surface area contributed by atoms with Gasteiger partial charge in [0.25, 0.3) is 11.8 Å². The zero-order valence-corrected chi connectivity index (χ0v) is 17.6. The van der Waals surface area contributed by atoms with Crippen LogP contribution < -0.4 is 21.7 Å². The number of carbonyl (C=O) groups is 2. The Morgan fingerprint density at radius 3 is 2.65 bits per heavy atom. The number of nitrogens with zero attached hydrogens (tertiary/aromatic N) is 4. The molecule has 2 fully saturated rings. The molecule has 2 saturated heterocycles. The van der Waals surface area contributed by atoms with Crippen molar-refractivity contribution in [3.8, 4) is 0 Å². The molecule has 2 aromatic rings. The molecule has 1 aromatic carbocycles. The zero-order valence-electron chi connectivity index (χ0n) is 17.6. The average molecular weight is 424 g/mol. The molecule has 2 aliphatic heterocycles. The molecule has 9 nitrogen and oxygen atoms in total. The van der Waals surface area contributed by atoms with E-state index >= 15 is 0 Å². The summed E-state index contributed by atoms with van der Waals surface area (Å²) in [5.74, 6) is 0.219. The molecule has 0 spiro atoms. The van der Waals surface area contributed by atoms with Crippen molar-refractivity contribution >= 4 is 29.3 Å². The summed E-state index contributed by atoms with van der Waals surface area (Å²) in [4.78, 5) is 37.6. The van der Waals surface area contributed by atoms with Crippen LogP contribution in [0.4, 0.5) is 17.5 Å². The molecule has 1 aromatic heterocycles. The van der Waals surface area contributed by atoms with Gasteiger partial charge in [0.05, 0.1) is 0 Å². The second-order valence-corrected chi connectivity index (χ2v) is 8.20. The predicted molar refractivity (Wildman–Crippen MR) is 119 cm³/mol. The normalized spacial score (nSPS) is 19.2. The maximum atomic E-state index is 12.9. The number of rotatable bonds is 5. The third-order valence-corrected chi connectivity index (χ3v) is 5.80. The van der Waals surface area contributed by atoms with Crippen LogP contribution >= 0.6 is 0 Å². The highest BCUT2D eigenvalue weighted by atomic mass is 16.2. The second-order valence-electron chi connectivity index (χ2n) is 8.20. The summed E-state index contributed by atoms with van der Waals surface area (Å²) in [5, 5.41) is 3.16. The van der Waals surface area contributed by atoms with Crippen LogP contribution in [-0.2, 0) is 0 Å². The molecule has 0 aliphatic carbocycles. The second kappa shape index (κ2) is 9.30. The van der Waals surface area contributed by atoms with E-state index in [4.69, 9.17) is 11.5 Å². The molecular formula is C22H29N7O2. The highest BCUT2D eigenvalue weighted by molar-refractivity contribution is 5.99. The van der Waals surface area contributed by atoms with Gasteiger partial charge in [0, 0.05) is 49.7 Å². The number of amides is 2. The highest BCUT2D eigenvalue weighted by Gasteiger charge is 2.22. The monoisotopic (exact) mass is 423 g/mol. The lowest BCUT2D eigenvalue weighted by atomic mass is 10.1. The Bertz CT molecular complexity index is 959. The van der Waals surface area contributed by atoms with Crippen molar-refractivity contribution in [2.75, 3.05) is 36.4 Å². The molecule has 0 radical (unpaired) electrons. The molecule has 0 saturated carbocycles. The molecule has 31 heavy (non-hydrogen) atoms. The number of likely N-dealkylation sites (tertiary alicyclic amines) is 1. The molecule has 2 aliphatic rings. The van der Waals surface area contributed by atoms with E-state index in [0.29, 0.717) is 29.6 Å². The number of hydrogen-bond acceptors (Lipinski definition) is 7. The Morgan fingerprint density at radius 2 is 1.90 bits per heavy atom. The van der Waals surface area contributed by atoms with E-state index in [0.717, 1.165) is 45.3 Å². The SMILES string of the molecule is NC(=O)c1cnc(N2CCC[C@H](N)C2)nc1Nc1cccc(C(=O)N2CCCCC2)c1. The first-order valence-corrected chi connectivity index (χ1v) is 10.8. The van der Waals surface area contributed by atoms with Gasteiger partial charge in [-0.3, -0.25) is 9.59 Å². The zero-order chi connectivity index (χ0) is 21.8. The van der Waals surface area contributed by atoms with E-state index in [1.165, 1.54) is 12.6 Å². The van der Waals surface area contributed by atoms with Crippen LogP contribution in [0.15, 0.2) is 30.5 Å². The number of nitrogens with one attached hydrogen (secondary N) is 1. The summed E-state index contributed by atoms with van der Waals surface area (Å²) in [6.45, 7) is 3.04. The van der Waals surface area contributed by atoms with E-state index in [2.05, 4.69) is 15.3 Å². The summed E-state index contributed by atoms with van der Waals surface area (Å²) >= 11 is 0. The van der Waals surface area contributed by atoms with Gasteiger partial charge in [0.1, 0.15) is 11.4 Å². The minimum atomic E-state index is -0.620. The number of aromatic nitrogens is 2. The molecule has 2 amide bonds. The molecule has 3 heterocycles. The molecule has 1 atom stereocenters. The first kappa shape index (κ1) is 21.0. The lowest BCUT2D eigenvalue weighted by Crippen LogP contribution is -2.43. The van der Waals surface area contributed by atoms with Crippen molar-refractivity contribution in [3.05, 3.63) is 41.6 Å². The molecule has 0 unspecified atom stereocenters. The van der Waals surface area contributed by atoms with Crippen molar-refractivity contribution in [2.24, 2.45) is 11.5 Å². The fourth-order valence-corrected chi connectivity index (χ4v) is 4.14. The van der Waals surface area contributed by atoms with Crippen molar-refractivity contribution in [1.82, 2.24) is 14.9 Å². The largest absolute Gasteiger partial charge is 0.365 e. The number of benzene rings is 1. The number of anilines is 3. The smallest absolute Gasteiger partial charge is 0.254 e. The van der Waals surface area contributed by atoms with Gasteiger partial charge in [-0.2, -0.15) is 4.98 Å². The quantitative estimate of drug-likeness (QED) is 0.669. The van der Waals surface area contributed by atoms with Gasteiger partial charge >= 0.3 is 0 Å². The lowest BCUT2D eigenvalue weighted by Gasteiger charge is -2.31. The first-order valence-electron chi connectivity index (χ1n) is 10.8. The van der Waals surface area contributed by atoms with Crippen LogP contribution in [0, 0.1) is 0 Å². The number of primary amides is 1. The van der Waals surface area contributed by atoms with Crippen LogP contribution in [0.5, 0.6) is 0 Å². The van der Waals surface area contributed by atoms with Crippen molar-refractivity contribution < 1.29 is 9.59 Å². The van der Waals surface area contributed by atoms with Gasteiger partial charge in [-0.15, -0.1) is 0 Å². The summed E-state index contributed by atoms with van der Waals surface area (Å²) < 4.78 is 0. The Kier molecular flexibility index (Phi) is 6.31. The summed E-state index contributed by atoms with van der Waals surface area (Å²) in [5.41, 5.74) is 13.1. The molecule has 164 valence electrons. The maximum Gasteiger partial charge on any atom is 0.254 e. The van der Waals surface area contributed by atoms with E-state index in [1.54, 1.807) is 12.1 Å². The Hall–Kier alpha value is -3.20. The van der Waals surface area contributed by atoms with Gasteiger partial charge < -0.3 is 26.6 Å². The standard InChI is InChI=1S/C22H29N7O2/c23-16-7-5-11-29(14-16)22-25-13-18(19(24)30)20(27-22)26-17-8-4-6-15(12-17)21(31)28-9-2-1-3-10-28/h4,6,8,12-13,16H,1-3,5,7,9-11,14,23H2,(H2,24,30)(H,25,26,27)/t16-/m0/s1. The number of piperidine rings is 2. The maximum absolute atomic E-state index is 12.9. The molecule has 5 N–H and O–H groups in total. The first-order chi connectivity index (χ1) is 15.0. The van der Waals surface area contributed by atoms with Gasteiger partial charge in [-0.1, -0.05) is 6.07 Å². The van der Waals surface area contributed by atoms with Gasteiger partial charge in [-0.05, 0) is 50.3 Å². The number of nitrogens with two attached hydrogens (primary N) is 2. The van der Waals surface area contributed by atoms with Gasteiger partial charge in [-0.25, -0.2) is 4.98 Å².